The van der Waals surface area contributed by atoms with Crippen molar-refractivity contribution in [3.63, 3.8) is 0 Å². The topological polar surface area (TPSA) is 72.4 Å². The second kappa shape index (κ2) is 8.06. The van der Waals surface area contributed by atoms with Crippen LogP contribution in [0.2, 0.25) is 5.02 Å². The Morgan fingerprint density at radius 1 is 1.09 bits per heavy atom. The summed E-state index contributed by atoms with van der Waals surface area (Å²) in [7, 11) is 0. The predicted octanol–water partition coefficient (Wildman–Crippen LogP) is 3.21. The zero-order valence-corrected chi connectivity index (χ0v) is 13.7. The molecule has 0 spiro atoms. The lowest BCUT2D eigenvalue weighted by molar-refractivity contribution is -0.487. The Kier molecular flexibility index (Phi) is 6.10. The molecule has 0 aliphatic carbocycles. The van der Waals surface area contributed by atoms with Gasteiger partial charge in [0.2, 0.25) is 6.54 Å². The second-order valence-corrected chi connectivity index (χ2v) is 6.04. The lowest BCUT2D eigenvalue weighted by Crippen LogP contribution is -2.45. The molecule has 2 N–H and O–H groups in total. The van der Waals surface area contributed by atoms with Crippen LogP contribution in [-0.4, -0.2) is 22.5 Å². The average Bonchev–Trinajstić information content (AvgIpc) is 2.50. The van der Waals surface area contributed by atoms with Crippen LogP contribution in [0.1, 0.15) is 16.7 Å². The Labute approximate surface area is 140 Å². The quantitative estimate of drug-likeness (QED) is 0.479. The maximum Gasteiger partial charge on any atom is 0.232 e. The number of rotatable bonds is 7. The fraction of sp³-hybridized carbons (Fsp3) is 0.294. The second-order valence-electron chi connectivity index (χ2n) is 5.60. The van der Waals surface area contributed by atoms with E-state index in [1.807, 2.05) is 48.2 Å². The number of hydrogen-bond donors (Lipinski definition) is 1. The van der Waals surface area contributed by atoms with E-state index in [9.17, 15) is 10.1 Å². The van der Waals surface area contributed by atoms with Crippen LogP contribution in [0.5, 0.6) is 0 Å². The van der Waals surface area contributed by atoms with Crippen LogP contribution in [0.3, 0.4) is 0 Å². The molecule has 1 atom stereocenters. The van der Waals surface area contributed by atoms with Gasteiger partial charge >= 0.3 is 0 Å². The summed E-state index contributed by atoms with van der Waals surface area (Å²) >= 11 is 5.90. The monoisotopic (exact) mass is 333 g/mol. The van der Waals surface area contributed by atoms with Gasteiger partial charge in [-0.25, -0.2) is 0 Å². The van der Waals surface area contributed by atoms with Gasteiger partial charge in [0.05, 0.1) is 0 Å². The van der Waals surface area contributed by atoms with Crippen molar-refractivity contribution >= 4 is 11.6 Å². The normalized spacial score (nSPS) is 12.3. The summed E-state index contributed by atoms with van der Waals surface area (Å²) in [4.78, 5) is 12.3. The Hall–Kier alpha value is -1.95. The number of halogens is 1. The van der Waals surface area contributed by atoms with Crippen LogP contribution < -0.4 is 5.73 Å². The Bertz CT molecular complexity index is 596. The van der Waals surface area contributed by atoms with Gasteiger partial charge in [-0.3, -0.25) is 15.0 Å². The Morgan fingerprint density at radius 2 is 1.57 bits per heavy atom. The minimum Gasteiger partial charge on any atom is -0.310 e. The molecule has 0 bridgehead atoms. The average molecular weight is 334 g/mol. The van der Waals surface area contributed by atoms with E-state index in [0.29, 0.717) is 18.1 Å². The lowest BCUT2D eigenvalue weighted by Gasteiger charge is -2.26. The van der Waals surface area contributed by atoms with Crippen molar-refractivity contribution in [1.82, 2.24) is 4.90 Å². The van der Waals surface area contributed by atoms with Gasteiger partial charge in [-0.05, 0) is 30.2 Å². The zero-order chi connectivity index (χ0) is 16.8. The fourth-order valence-electron chi connectivity index (χ4n) is 2.31. The number of nitro groups is 1. The summed E-state index contributed by atoms with van der Waals surface area (Å²) in [6.45, 7) is 2.81. The van der Waals surface area contributed by atoms with E-state index in [1.165, 1.54) is 5.56 Å². The molecule has 23 heavy (non-hydrogen) atoms. The number of aryl methyl sites for hydroxylation is 1. The van der Waals surface area contributed by atoms with Gasteiger partial charge in [-0.2, -0.15) is 0 Å². The summed E-state index contributed by atoms with van der Waals surface area (Å²) in [6.07, 6.45) is -0.651. The first kappa shape index (κ1) is 17.4. The molecular weight excluding hydrogens is 314 g/mol. The smallest absolute Gasteiger partial charge is 0.232 e. The first-order valence-corrected chi connectivity index (χ1v) is 7.73. The molecular formula is C17H20ClN3O2. The van der Waals surface area contributed by atoms with E-state index in [4.69, 9.17) is 17.3 Å². The minimum atomic E-state index is -0.651. The molecule has 0 aliphatic heterocycles. The van der Waals surface area contributed by atoms with Crippen LogP contribution in [0.4, 0.5) is 0 Å². The molecule has 0 saturated carbocycles. The highest BCUT2D eigenvalue weighted by molar-refractivity contribution is 6.30. The molecule has 0 saturated heterocycles. The van der Waals surface area contributed by atoms with Gasteiger partial charge in [0.1, 0.15) is 6.17 Å². The molecule has 2 aromatic carbocycles. The first-order chi connectivity index (χ1) is 10.9. The third kappa shape index (κ3) is 5.63. The minimum absolute atomic E-state index is 0.292. The molecule has 2 rings (SSSR count). The highest BCUT2D eigenvalue weighted by atomic mass is 35.5. The maximum absolute atomic E-state index is 10.8. The Morgan fingerprint density at radius 3 is 2.04 bits per heavy atom. The van der Waals surface area contributed by atoms with Gasteiger partial charge in [-0.1, -0.05) is 53.6 Å². The van der Waals surface area contributed by atoms with E-state index in [2.05, 4.69) is 0 Å². The fourth-order valence-corrected chi connectivity index (χ4v) is 2.44. The third-order valence-electron chi connectivity index (χ3n) is 3.61. The summed E-state index contributed by atoms with van der Waals surface area (Å²) in [6, 6.07) is 15.5. The molecule has 0 aromatic heterocycles. The zero-order valence-electron chi connectivity index (χ0n) is 13.0. The highest BCUT2D eigenvalue weighted by Crippen LogP contribution is 2.15. The van der Waals surface area contributed by atoms with Crippen LogP contribution in [-0.2, 0) is 13.1 Å². The molecule has 0 fully saturated rings. The molecule has 6 heteroatoms. The number of hydrogen-bond acceptors (Lipinski definition) is 4. The molecule has 0 amide bonds. The molecule has 0 heterocycles. The predicted molar refractivity (Wildman–Crippen MR) is 91.7 cm³/mol. The molecule has 0 radical (unpaired) electrons. The molecule has 5 nitrogen and oxygen atoms in total. The molecule has 1 unspecified atom stereocenters. The van der Waals surface area contributed by atoms with E-state index in [-0.39, 0.29) is 11.5 Å². The highest BCUT2D eigenvalue weighted by Gasteiger charge is 2.20. The van der Waals surface area contributed by atoms with Gasteiger partial charge in [0.25, 0.3) is 0 Å². The van der Waals surface area contributed by atoms with E-state index in [1.54, 1.807) is 12.1 Å². The van der Waals surface area contributed by atoms with Crippen molar-refractivity contribution in [1.29, 1.82) is 0 Å². The summed E-state index contributed by atoms with van der Waals surface area (Å²) in [5, 5.41) is 11.5. The third-order valence-corrected chi connectivity index (χ3v) is 3.86. The number of benzene rings is 2. The summed E-state index contributed by atoms with van der Waals surface area (Å²) in [5.74, 6) is 0. The van der Waals surface area contributed by atoms with Crippen LogP contribution in [0.15, 0.2) is 48.5 Å². The van der Waals surface area contributed by atoms with E-state index < -0.39 is 6.17 Å². The van der Waals surface area contributed by atoms with E-state index >= 15 is 0 Å². The van der Waals surface area contributed by atoms with Gasteiger partial charge in [0.15, 0.2) is 0 Å². The maximum atomic E-state index is 10.8. The van der Waals surface area contributed by atoms with Gasteiger partial charge < -0.3 is 5.73 Å². The first-order valence-electron chi connectivity index (χ1n) is 7.35. The SMILES string of the molecule is Cc1ccc(CN(Cc2ccc(Cl)cc2)C(N)C[N+](=O)[O-])cc1. The number of nitrogens with two attached hydrogens (primary N) is 1. The standard InChI is InChI=1S/C17H20ClN3O2/c1-13-2-4-14(5-3-13)10-20(17(19)12-21(22)23)11-15-6-8-16(18)9-7-15/h2-9,17H,10-12,19H2,1H3. The van der Waals surface area contributed by atoms with Gasteiger partial charge in [-0.15, -0.1) is 0 Å². The number of nitrogens with zero attached hydrogens (tertiary/aromatic N) is 2. The van der Waals surface area contributed by atoms with Gasteiger partial charge in [0, 0.05) is 23.0 Å². The lowest BCUT2D eigenvalue weighted by atomic mass is 10.1. The van der Waals surface area contributed by atoms with Crippen LogP contribution in [0, 0.1) is 17.0 Å². The largest absolute Gasteiger partial charge is 0.310 e. The van der Waals surface area contributed by atoms with Crippen molar-refractivity contribution in [2.45, 2.75) is 26.2 Å². The van der Waals surface area contributed by atoms with Crippen molar-refractivity contribution in [2.75, 3.05) is 6.54 Å². The molecule has 0 aliphatic rings. The molecule has 2 aromatic rings. The Balaban J connectivity index is 2.14. The van der Waals surface area contributed by atoms with Crippen LogP contribution >= 0.6 is 11.6 Å². The molecule has 122 valence electrons. The summed E-state index contributed by atoms with van der Waals surface area (Å²) in [5.41, 5.74) is 9.29. The van der Waals surface area contributed by atoms with Crippen molar-refractivity contribution in [3.8, 4) is 0 Å². The van der Waals surface area contributed by atoms with E-state index in [0.717, 1.165) is 11.1 Å². The van der Waals surface area contributed by atoms with Crippen molar-refractivity contribution in [2.24, 2.45) is 5.73 Å². The van der Waals surface area contributed by atoms with Crippen molar-refractivity contribution in [3.05, 3.63) is 80.4 Å². The summed E-state index contributed by atoms with van der Waals surface area (Å²) < 4.78 is 0. The van der Waals surface area contributed by atoms with Crippen LogP contribution in [0.25, 0.3) is 0 Å². The van der Waals surface area contributed by atoms with Crippen molar-refractivity contribution < 1.29 is 4.92 Å².